The van der Waals surface area contributed by atoms with Gasteiger partial charge in [-0.15, -0.1) is 11.3 Å². The summed E-state index contributed by atoms with van der Waals surface area (Å²) in [4.78, 5) is 21.0. The van der Waals surface area contributed by atoms with Crippen molar-refractivity contribution in [2.75, 3.05) is 0 Å². The molecule has 1 aromatic carbocycles. The van der Waals surface area contributed by atoms with Gasteiger partial charge in [-0.25, -0.2) is 9.97 Å². The zero-order valence-electron chi connectivity index (χ0n) is 12.9. The fourth-order valence-corrected chi connectivity index (χ4v) is 3.87. The lowest BCUT2D eigenvalue weighted by Gasteiger charge is -2.25. The molecule has 23 heavy (non-hydrogen) atoms. The van der Waals surface area contributed by atoms with E-state index in [0.29, 0.717) is 0 Å². The van der Waals surface area contributed by atoms with E-state index in [0.717, 1.165) is 40.9 Å². The second kappa shape index (κ2) is 5.77. The van der Waals surface area contributed by atoms with Gasteiger partial charge in [0, 0.05) is 30.8 Å². The highest BCUT2D eigenvalue weighted by atomic mass is 32.1. The molecule has 1 aliphatic rings. The van der Waals surface area contributed by atoms with Crippen LogP contribution in [0.1, 0.15) is 30.6 Å². The van der Waals surface area contributed by atoms with Crippen LogP contribution in [0.15, 0.2) is 36.2 Å². The van der Waals surface area contributed by atoms with Crippen LogP contribution in [-0.4, -0.2) is 20.4 Å². The monoisotopic (exact) mass is 326 g/mol. The number of aromatic nitrogens is 3. The van der Waals surface area contributed by atoms with Crippen LogP contribution in [0.2, 0.25) is 0 Å². The summed E-state index contributed by atoms with van der Waals surface area (Å²) in [6.07, 6.45) is 5.35. The van der Waals surface area contributed by atoms with Crippen molar-refractivity contribution in [2.45, 2.75) is 32.4 Å². The van der Waals surface area contributed by atoms with E-state index >= 15 is 0 Å². The molecule has 5 nitrogen and oxygen atoms in total. The molecule has 6 heteroatoms. The summed E-state index contributed by atoms with van der Waals surface area (Å²) in [5, 5.41) is 3.16. The first-order valence-electron chi connectivity index (χ1n) is 7.83. The Labute approximate surface area is 138 Å². The quantitative estimate of drug-likeness (QED) is 0.805. The summed E-state index contributed by atoms with van der Waals surface area (Å²) >= 11 is 1.63. The van der Waals surface area contributed by atoms with Crippen LogP contribution in [0.25, 0.3) is 10.2 Å². The first kappa shape index (κ1) is 14.4. The topological polar surface area (TPSA) is 59.8 Å². The smallest absolute Gasteiger partial charge is 0.224 e. The van der Waals surface area contributed by atoms with Gasteiger partial charge in [-0.1, -0.05) is 6.07 Å². The molecule has 2 atom stereocenters. The Morgan fingerprint density at radius 1 is 1.48 bits per heavy atom. The zero-order chi connectivity index (χ0) is 15.8. The molecule has 1 amide bonds. The number of nitrogens with one attached hydrogen (secondary N) is 1. The maximum absolute atomic E-state index is 12.6. The Kier molecular flexibility index (Phi) is 3.61. The van der Waals surface area contributed by atoms with E-state index in [1.54, 1.807) is 11.3 Å². The molecule has 1 N–H and O–H groups in total. The van der Waals surface area contributed by atoms with Crippen molar-refractivity contribution in [1.29, 1.82) is 0 Å². The molecule has 0 radical (unpaired) electrons. The van der Waals surface area contributed by atoms with Gasteiger partial charge in [0.1, 0.15) is 0 Å². The molecular formula is C17H18N4OS. The molecule has 4 rings (SSSR count). The zero-order valence-corrected chi connectivity index (χ0v) is 13.7. The summed E-state index contributed by atoms with van der Waals surface area (Å²) in [5.74, 6) is 0.170. The van der Waals surface area contributed by atoms with Gasteiger partial charge >= 0.3 is 0 Å². The van der Waals surface area contributed by atoms with Crippen LogP contribution in [0.4, 0.5) is 0 Å². The molecule has 0 aliphatic carbocycles. The number of fused-ring (bicyclic) bond motifs is 2. The molecular weight excluding hydrogens is 308 g/mol. The molecule has 0 bridgehead atoms. The normalized spacial score (nSPS) is 18.6. The Balaban J connectivity index is 1.45. The van der Waals surface area contributed by atoms with Gasteiger partial charge in [0.25, 0.3) is 0 Å². The molecule has 118 valence electrons. The van der Waals surface area contributed by atoms with Gasteiger partial charge in [0.2, 0.25) is 5.91 Å². The first-order valence-corrected chi connectivity index (χ1v) is 8.71. The minimum atomic E-state index is 0.000775. The third-order valence-corrected chi connectivity index (χ3v) is 5.35. The van der Waals surface area contributed by atoms with E-state index in [-0.39, 0.29) is 17.9 Å². The minimum absolute atomic E-state index is 0.000775. The number of imidazole rings is 1. The van der Waals surface area contributed by atoms with Gasteiger partial charge in [-0.2, -0.15) is 0 Å². The van der Waals surface area contributed by atoms with Crippen molar-refractivity contribution < 1.29 is 4.79 Å². The fraction of sp³-hybridized carbons (Fsp3) is 0.353. The number of hydrogen-bond donors (Lipinski definition) is 1. The van der Waals surface area contributed by atoms with Crippen LogP contribution in [-0.2, 0) is 17.8 Å². The molecule has 2 aromatic heterocycles. The molecule has 0 saturated carbocycles. The van der Waals surface area contributed by atoms with Crippen molar-refractivity contribution in [3.8, 4) is 0 Å². The van der Waals surface area contributed by atoms with Gasteiger partial charge in [-0.3, -0.25) is 4.79 Å². The van der Waals surface area contributed by atoms with Crippen molar-refractivity contribution >= 4 is 27.5 Å². The molecule has 3 heterocycles. The van der Waals surface area contributed by atoms with E-state index in [4.69, 9.17) is 0 Å². The number of carbonyl (C=O) groups is 1. The Morgan fingerprint density at radius 2 is 2.39 bits per heavy atom. The molecule has 1 aliphatic heterocycles. The number of aryl methyl sites for hydroxylation is 1. The van der Waals surface area contributed by atoms with Gasteiger partial charge in [0.05, 0.1) is 28.1 Å². The molecule has 0 saturated heterocycles. The molecule has 0 fully saturated rings. The van der Waals surface area contributed by atoms with E-state index in [1.807, 2.05) is 37.1 Å². The summed E-state index contributed by atoms with van der Waals surface area (Å²) < 4.78 is 3.29. The average molecular weight is 326 g/mol. The fourth-order valence-electron chi connectivity index (χ4n) is 3.15. The summed E-state index contributed by atoms with van der Waals surface area (Å²) in [6.45, 7) is 2.90. The summed E-state index contributed by atoms with van der Waals surface area (Å²) in [7, 11) is 0. The Hall–Kier alpha value is -2.21. The highest BCUT2D eigenvalue weighted by Gasteiger charge is 2.25. The predicted molar refractivity (Wildman–Crippen MR) is 90.2 cm³/mol. The number of hydrogen-bond acceptors (Lipinski definition) is 4. The number of rotatable bonds is 3. The van der Waals surface area contributed by atoms with Crippen molar-refractivity contribution in [2.24, 2.45) is 5.92 Å². The maximum atomic E-state index is 12.6. The van der Waals surface area contributed by atoms with Crippen LogP contribution in [0, 0.1) is 5.92 Å². The lowest BCUT2D eigenvalue weighted by molar-refractivity contribution is -0.126. The Morgan fingerprint density at radius 3 is 3.30 bits per heavy atom. The van der Waals surface area contributed by atoms with Gasteiger partial charge in [-0.05, 0) is 31.0 Å². The van der Waals surface area contributed by atoms with Crippen LogP contribution in [0.3, 0.4) is 0 Å². The van der Waals surface area contributed by atoms with Crippen molar-refractivity contribution in [3.63, 3.8) is 0 Å². The number of carbonyl (C=O) groups excluding carboxylic acids is 1. The maximum Gasteiger partial charge on any atom is 0.224 e. The molecule has 0 spiro atoms. The Bertz CT molecular complexity index is 853. The third kappa shape index (κ3) is 2.74. The average Bonchev–Trinajstić information content (AvgIpc) is 3.21. The van der Waals surface area contributed by atoms with Gasteiger partial charge in [0.15, 0.2) is 0 Å². The second-order valence-electron chi connectivity index (χ2n) is 6.08. The van der Waals surface area contributed by atoms with E-state index < -0.39 is 0 Å². The van der Waals surface area contributed by atoms with E-state index in [2.05, 4.69) is 25.9 Å². The number of benzene rings is 1. The SMILES string of the molecule is CC(NC(=O)C1CCn2cncc2C1)c1ccc2ncsc2c1. The van der Waals surface area contributed by atoms with E-state index in [1.165, 1.54) is 0 Å². The van der Waals surface area contributed by atoms with E-state index in [9.17, 15) is 4.79 Å². The van der Waals surface area contributed by atoms with Gasteiger partial charge < -0.3 is 9.88 Å². The number of thiazole rings is 1. The van der Waals surface area contributed by atoms with Crippen molar-refractivity contribution in [3.05, 3.63) is 47.5 Å². The number of amides is 1. The largest absolute Gasteiger partial charge is 0.349 e. The van der Waals surface area contributed by atoms with Crippen LogP contribution in [0.5, 0.6) is 0 Å². The summed E-state index contributed by atoms with van der Waals surface area (Å²) in [5.41, 5.74) is 5.13. The molecule has 3 aromatic rings. The third-order valence-electron chi connectivity index (χ3n) is 4.56. The standard InChI is InChI=1S/C17H18N4OS/c1-11(12-2-3-15-16(7-12)23-10-19-15)20-17(22)13-4-5-21-9-18-8-14(21)6-13/h2-3,7-11,13H,4-6H2,1H3,(H,20,22). The minimum Gasteiger partial charge on any atom is -0.349 e. The number of nitrogens with zero attached hydrogens (tertiary/aromatic N) is 3. The summed E-state index contributed by atoms with van der Waals surface area (Å²) in [6, 6.07) is 6.18. The first-order chi connectivity index (χ1) is 11.2. The van der Waals surface area contributed by atoms with Crippen LogP contribution < -0.4 is 5.32 Å². The lowest BCUT2D eigenvalue weighted by Crippen LogP contribution is -2.36. The highest BCUT2D eigenvalue weighted by Crippen LogP contribution is 2.24. The van der Waals surface area contributed by atoms with Crippen LogP contribution >= 0.6 is 11.3 Å². The predicted octanol–water partition coefficient (Wildman–Crippen LogP) is 2.93. The molecule has 2 unspecified atom stereocenters. The highest BCUT2D eigenvalue weighted by molar-refractivity contribution is 7.16. The lowest BCUT2D eigenvalue weighted by atomic mass is 9.94. The van der Waals surface area contributed by atoms with Crippen molar-refractivity contribution in [1.82, 2.24) is 19.9 Å². The second-order valence-corrected chi connectivity index (χ2v) is 6.96.